The fourth-order valence-electron chi connectivity index (χ4n) is 2.61. The SMILES string of the molecule is CC(C)N1CCN(C(=O)OCc2ccccc2)CC1C(=O)O.Cl. The highest BCUT2D eigenvalue weighted by Crippen LogP contribution is 2.15. The monoisotopic (exact) mass is 342 g/mol. The maximum atomic E-state index is 12.1. The Morgan fingerprint density at radius 2 is 1.91 bits per heavy atom. The number of hydrogen-bond acceptors (Lipinski definition) is 4. The highest BCUT2D eigenvalue weighted by atomic mass is 35.5. The average Bonchev–Trinajstić information content (AvgIpc) is 2.52. The molecule has 1 unspecified atom stereocenters. The van der Waals surface area contributed by atoms with Gasteiger partial charge >= 0.3 is 12.1 Å². The Labute approximate surface area is 142 Å². The first kappa shape index (κ1) is 19.3. The Morgan fingerprint density at radius 3 is 2.48 bits per heavy atom. The number of aliphatic carboxylic acids is 1. The van der Waals surface area contributed by atoms with Gasteiger partial charge in [0.25, 0.3) is 0 Å². The third kappa shape index (κ3) is 5.11. The van der Waals surface area contributed by atoms with E-state index in [1.165, 1.54) is 4.90 Å². The number of ether oxygens (including phenoxy) is 1. The van der Waals surface area contributed by atoms with Gasteiger partial charge in [0.15, 0.2) is 0 Å². The van der Waals surface area contributed by atoms with Gasteiger partial charge in [-0.3, -0.25) is 9.69 Å². The fraction of sp³-hybridized carbons (Fsp3) is 0.500. The Hall–Kier alpha value is -1.79. The first-order valence-corrected chi connectivity index (χ1v) is 7.43. The topological polar surface area (TPSA) is 70.1 Å². The standard InChI is InChI=1S/C16H22N2O4.ClH/c1-12(2)18-9-8-17(10-14(18)15(19)20)16(21)22-11-13-6-4-3-5-7-13;/h3-7,12,14H,8-11H2,1-2H3,(H,19,20);1H. The number of amides is 1. The minimum atomic E-state index is -0.908. The van der Waals surface area contributed by atoms with Crippen LogP contribution in [0.4, 0.5) is 4.79 Å². The third-order valence-electron chi connectivity index (χ3n) is 3.83. The number of halogens is 1. The number of carbonyl (C=O) groups excluding carboxylic acids is 1. The van der Waals surface area contributed by atoms with Gasteiger partial charge in [0, 0.05) is 19.1 Å². The van der Waals surface area contributed by atoms with E-state index in [1.807, 2.05) is 49.1 Å². The summed E-state index contributed by atoms with van der Waals surface area (Å²) in [5, 5.41) is 9.34. The van der Waals surface area contributed by atoms with Gasteiger partial charge in [-0.15, -0.1) is 12.4 Å². The van der Waals surface area contributed by atoms with Gasteiger partial charge in [-0.25, -0.2) is 4.79 Å². The van der Waals surface area contributed by atoms with Crippen molar-refractivity contribution in [2.45, 2.75) is 32.5 Å². The zero-order valence-corrected chi connectivity index (χ0v) is 14.2. The molecule has 1 fully saturated rings. The van der Waals surface area contributed by atoms with Crippen molar-refractivity contribution in [3.05, 3.63) is 35.9 Å². The summed E-state index contributed by atoms with van der Waals surface area (Å²) in [7, 11) is 0. The summed E-state index contributed by atoms with van der Waals surface area (Å²) >= 11 is 0. The van der Waals surface area contributed by atoms with E-state index in [1.54, 1.807) is 0 Å². The van der Waals surface area contributed by atoms with Crippen LogP contribution in [-0.2, 0) is 16.1 Å². The van der Waals surface area contributed by atoms with Crippen LogP contribution in [0.2, 0.25) is 0 Å². The summed E-state index contributed by atoms with van der Waals surface area (Å²) < 4.78 is 5.27. The number of piperazine rings is 1. The lowest BCUT2D eigenvalue weighted by atomic mass is 10.1. The second-order valence-electron chi connectivity index (χ2n) is 5.67. The van der Waals surface area contributed by atoms with Gasteiger partial charge < -0.3 is 14.7 Å². The summed E-state index contributed by atoms with van der Waals surface area (Å²) in [6.07, 6.45) is -0.460. The van der Waals surface area contributed by atoms with Gasteiger partial charge in [0.05, 0.1) is 6.54 Å². The summed E-state index contributed by atoms with van der Waals surface area (Å²) in [6, 6.07) is 8.86. The molecule has 1 N–H and O–H groups in total. The molecule has 0 saturated carbocycles. The van der Waals surface area contributed by atoms with Crippen LogP contribution < -0.4 is 0 Å². The molecule has 1 aliphatic rings. The molecule has 0 aromatic heterocycles. The van der Waals surface area contributed by atoms with Crippen LogP contribution >= 0.6 is 12.4 Å². The predicted octanol–water partition coefficient (Wildman–Crippen LogP) is 2.22. The molecular weight excluding hydrogens is 320 g/mol. The van der Waals surface area contributed by atoms with Crippen molar-refractivity contribution in [3.63, 3.8) is 0 Å². The van der Waals surface area contributed by atoms with E-state index in [0.29, 0.717) is 13.1 Å². The molecule has 128 valence electrons. The van der Waals surface area contributed by atoms with Gasteiger partial charge in [0.1, 0.15) is 12.6 Å². The lowest BCUT2D eigenvalue weighted by molar-refractivity contribution is -0.146. The first-order chi connectivity index (χ1) is 10.5. The largest absolute Gasteiger partial charge is 0.480 e. The Bertz CT molecular complexity index is 524. The molecule has 0 spiro atoms. The van der Waals surface area contributed by atoms with Crippen molar-refractivity contribution in [1.82, 2.24) is 9.80 Å². The van der Waals surface area contributed by atoms with Gasteiger partial charge in [-0.2, -0.15) is 0 Å². The Kier molecular flexibility index (Phi) is 7.32. The number of rotatable bonds is 4. The molecular formula is C16H23ClN2O4. The maximum Gasteiger partial charge on any atom is 0.410 e. The molecule has 0 bridgehead atoms. The quantitative estimate of drug-likeness (QED) is 0.908. The fourth-order valence-corrected chi connectivity index (χ4v) is 2.61. The van der Waals surface area contributed by atoms with Crippen LogP contribution in [0.25, 0.3) is 0 Å². The zero-order chi connectivity index (χ0) is 16.1. The van der Waals surface area contributed by atoms with Crippen LogP contribution in [-0.4, -0.2) is 58.7 Å². The van der Waals surface area contributed by atoms with Gasteiger partial charge in [0.2, 0.25) is 0 Å². The highest BCUT2D eigenvalue weighted by Gasteiger charge is 2.35. The average molecular weight is 343 g/mol. The van der Waals surface area contributed by atoms with Crippen LogP contribution in [0.1, 0.15) is 19.4 Å². The second-order valence-corrected chi connectivity index (χ2v) is 5.67. The van der Waals surface area contributed by atoms with Crippen molar-refractivity contribution >= 4 is 24.5 Å². The van der Waals surface area contributed by atoms with Crippen LogP contribution in [0.3, 0.4) is 0 Å². The van der Waals surface area contributed by atoms with E-state index < -0.39 is 18.1 Å². The number of carboxylic acids is 1. The number of carbonyl (C=O) groups is 2. The zero-order valence-electron chi connectivity index (χ0n) is 13.3. The van der Waals surface area contributed by atoms with Crippen molar-refractivity contribution in [1.29, 1.82) is 0 Å². The number of benzene rings is 1. The van der Waals surface area contributed by atoms with E-state index >= 15 is 0 Å². The van der Waals surface area contributed by atoms with Crippen molar-refractivity contribution in [2.24, 2.45) is 0 Å². The van der Waals surface area contributed by atoms with E-state index in [0.717, 1.165) is 5.56 Å². The molecule has 0 aliphatic carbocycles. The minimum absolute atomic E-state index is 0. The molecule has 0 radical (unpaired) electrons. The summed E-state index contributed by atoms with van der Waals surface area (Å²) in [4.78, 5) is 26.9. The maximum absolute atomic E-state index is 12.1. The summed E-state index contributed by atoms with van der Waals surface area (Å²) in [5.41, 5.74) is 0.909. The highest BCUT2D eigenvalue weighted by molar-refractivity contribution is 5.85. The van der Waals surface area contributed by atoms with E-state index in [9.17, 15) is 14.7 Å². The van der Waals surface area contributed by atoms with Crippen molar-refractivity contribution < 1.29 is 19.4 Å². The molecule has 1 atom stereocenters. The molecule has 1 aliphatic heterocycles. The number of nitrogens with zero attached hydrogens (tertiary/aromatic N) is 2. The van der Waals surface area contributed by atoms with Crippen molar-refractivity contribution in [2.75, 3.05) is 19.6 Å². The molecule has 23 heavy (non-hydrogen) atoms. The lowest BCUT2D eigenvalue weighted by Crippen LogP contribution is -2.59. The molecule has 2 rings (SSSR count). The Morgan fingerprint density at radius 1 is 1.26 bits per heavy atom. The molecule has 1 aromatic carbocycles. The molecule has 1 aromatic rings. The summed E-state index contributed by atoms with van der Waals surface area (Å²) in [6.45, 7) is 5.28. The smallest absolute Gasteiger partial charge is 0.410 e. The Balaban J connectivity index is 0.00000264. The van der Waals surface area contributed by atoms with E-state index in [-0.39, 0.29) is 31.6 Å². The third-order valence-corrected chi connectivity index (χ3v) is 3.83. The van der Waals surface area contributed by atoms with Crippen LogP contribution in [0.15, 0.2) is 30.3 Å². The van der Waals surface area contributed by atoms with Crippen LogP contribution in [0.5, 0.6) is 0 Å². The van der Waals surface area contributed by atoms with Crippen molar-refractivity contribution in [3.8, 4) is 0 Å². The van der Waals surface area contributed by atoms with Gasteiger partial charge in [-0.05, 0) is 19.4 Å². The second kappa shape index (κ2) is 8.74. The normalized spacial score (nSPS) is 18.4. The predicted molar refractivity (Wildman–Crippen MR) is 88.7 cm³/mol. The molecule has 7 heteroatoms. The number of carboxylic acid groups (broad SMARTS) is 1. The van der Waals surface area contributed by atoms with E-state index in [4.69, 9.17) is 4.74 Å². The van der Waals surface area contributed by atoms with Gasteiger partial charge in [-0.1, -0.05) is 30.3 Å². The first-order valence-electron chi connectivity index (χ1n) is 7.43. The minimum Gasteiger partial charge on any atom is -0.480 e. The molecule has 1 amide bonds. The molecule has 1 saturated heterocycles. The summed E-state index contributed by atoms with van der Waals surface area (Å²) in [5.74, 6) is -0.908. The van der Waals surface area contributed by atoms with Crippen LogP contribution in [0, 0.1) is 0 Å². The molecule has 6 nitrogen and oxygen atoms in total. The number of hydrogen-bond donors (Lipinski definition) is 1. The molecule has 1 heterocycles. The lowest BCUT2D eigenvalue weighted by Gasteiger charge is -2.40. The van der Waals surface area contributed by atoms with E-state index in [2.05, 4.69) is 0 Å².